The summed E-state index contributed by atoms with van der Waals surface area (Å²) < 4.78 is 0. The fourth-order valence-corrected chi connectivity index (χ4v) is 1.48. The molecule has 0 aromatic carbocycles. The maximum Gasteiger partial charge on any atom is 0.326 e. The minimum Gasteiger partial charge on any atom is -0.480 e. The zero-order valence-corrected chi connectivity index (χ0v) is 9.23. The first kappa shape index (κ1) is 13.0. The highest BCUT2D eigenvalue weighted by Gasteiger charge is 2.24. The van der Waals surface area contributed by atoms with E-state index in [4.69, 9.17) is 5.11 Å². The largest absolute Gasteiger partial charge is 0.480 e. The van der Waals surface area contributed by atoms with Crippen molar-refractivity contribution in [3.05, 3.63) is 12.7 Å². The van der Waals surface area contributed by atoms with E-state index in [2.05, 4.69) is 22.5 Å². The molecule has 94 valence electrons. The second-order valence-corrected chi connectivity index (χ2v) is 3.74. The Morgan fingerprint density at radius 1 is 1.65 bits per heavy atom. The Balaban J connectivity index is 2.39. The summed E-state index contributed by atoms with van der Waals surface area (Å²) in [7, 11) is 0. The molecule has 4 N–H and O–H groups in total. The summed E-state index contributed by atoms with van der Waals surface area (Å²) in [6, 6.07) is -1.89. The van der Waals surface area contributed by atoms with Gasteiger partial charge in [0.15, 0.2) is 0 Å². The van der Waals surface area contributed by atoms with E-state index < -0.39 is 18.0 Å². The van der Waals surface area contributed by atoms with Crippen LogP contribution in [0.2, 0.25) is 0 Å². The number of amides is 3. The van der Waals surface area contributed by atoms with Gasteiger partial charge in [-0.3, -0.25) is 4.79 Å². The highest BCUT2D eigenvalue weighted by atomic mass is 16.4. The number of carbonyl (C=O) groups is 3. The van der Waals surface area contributed by atoms with Crippen molar-refractivity contribution in [1.82, 2.24) is 16.0 Å². The van der Waals surface area contributed by atoms with Gasteiger partial charge in [-0.15, -0.1) is 6.58 Å². The van der Waals surface area contributed by atoms with Crippen LogP contribution in [0.5, 0.6) is 0 Å². The normalized spacial score (nSPS) is 20.2. The second kappa shape index (κ2) is 5.88. The molecule has 0 bridgehead atoms. The number of hydrogen-bond donors (Lipinski definition) is 4. The molecule has 3 amide bonds. The van der Waals surface area contributed by atoms with Gasteiger partial charge in [0.25, 0.3) is 0 Å². The Bertz CT molecular complexity index is 342. The predicted octanol–water partition coefficient (Wildman–Crippen LogP) is -0.797. The van der Waals surface area contributed by atoms with E-state index >= 15 is 0 Å². The van der Waals surface area contributed by atoms with Gasteiger partial charge in [-0.1, -0.05) is 6.08 Å². The maximum absolute atomic E-state index is 11.4. The van der Waals surface area contributed by atoms with Gasteiger partial charge in [0, 0.05) is 13.0 Å². The summed E-state index contributed by atoms with van der Waals surface area (Å²) in [5, 5.41) is 16.2. The Morgan fingerprint density at radius 2 is 2.35 bits per heavy atom. The molecular formula is C10H15N3O4. The molecule has 1 aliphatic rings. The highest BCUT2D eigenvalue weighted by Crippen LogP contribution is 1.99. The molecule has 1 saturated heterocycles. The summed E-state index contributed by atoms with van der Waals surface area (Å²) in [6.07, 6.45) is 1.77. The summed E-state index contributed by atoms with van der Waals surface area (Å²) in [4.78, 5) is 33.1. The van der Waals surface area contributed by atoms with Crippen LogP contribution in [-0.4, -0.2) is 41.6 Å². The third-order valence-electron chi connectivity index (χ3n) is 2.32. The van der Waals surface area contributed by atoms with Gasteiger partial charge in [0.2, 0.25) is 5.91 Å². The molecule has 7 nitrogen and oxygen atoms in total. The van der Waals surface area contributed by atoms with Crippen LogP contribution >= 0.6 is 0 Å². The predicted molar refractivity (Wildman–Crippen MR) is 59.3 cm³/mol. The zero-order chi connectivity index (χ0) is 12.8. The van der Waals surface area contributed by atoms with E-state index in [1.807, 2.05) is 0 Å². The summed E-state index contributed by atoms with van der Waals surface area (Å²) in [5.41, 5.74) is 0. The number of rotatable bonds is 5. The van der Waals surface area contributed by atoms with Crippen LogP contribution < -0.4 is 16.0 Å². The van der Waals surface area contributed by atoms with Crippen LogP contribution in [-0.2, 0) is 9.59 Å². The molecule has 17 heavy (non-hydrogen) atoms. The molecule has 0 aromatic rings. The molecule has 1 rings (SSSR count). The molecule has 2 atom stereocenters. The maximum atomic E-state index is 11.4. The molecule has 1 heterocycles. The molecule has 0 aliphatic carbocycles. The van der Waals surface area contributed by atoms with E-state index in [0.29, 0.717) is 6.54 Å². The van der Waals surface area contributed by atoms with Crippen molar-refractivity contribution in [3.63, 3.8) is 0 Å². The van der Waals surface area contributed by atoms with Crippen molar-refractivity contribution in [2.75, 3.05) is 6.54 Å². The number of carboxylic acid groups (broad SMARTS) is 1. The van der Waals surface area contributed by atoms with Gasteiger partial charge in [-0.05, 0) is 6.42 Å². The smallest absolute Gasteiger partial charge is 0.326 e. The third kappa shape index (κ3) is 4.13. The molecule has 1 aliphatic heterocycles. The van der Waals surface area contributed by atoms with Gasteiger partial charge in [-0.25, -0.2) is 9.59 Å². The van der Waals surface area contributed by atoms with Crippen LogP contribution in [0.1, 0.15) is 12.8 Å². The van der Waals surface area contributed by atoms with Gasteiger partial charge in [0.1, 0.15) is 6.04 Å². The Morgan fingerprint density at radius 3 is 2.82 bits per heavy atom. The van der Waals surface area contributed by atoms with Crippen LogP contribution in [0.15, 0.2) is 12.7 Å². The van der Waals surface area contributed by atoms with Gasteiger partial charge >= 0.3 is 12.0 Å². The van der Waals surface area contributed by atoms with Crippen LogP contribution in [0.25, 0.3) is 0 Å². The molecule has 0 radical (unpaired) electrons. The van der Waals surface area contributed by atoms with Gasteiger partial charge < -0.3 is 21.1 Å². The lowest BCUT2D eigenvalue weighted by atomic mass is 10.2. The van der Waals surface area contributed by atoms with E-state index in [0.717, 1.165) is 0 Å². The summed E-state index contributed by atoms with van der Waals surface area (Å²) in [5.74, 6) is -1.25. The fraction of sp³-hybridized carbons (Fsp3) is 0.500. The quantitative estimate of drug-likeness (QED) is 0.473. The lowest BCUT2D eigenvalue weighted by Crippen LogP contribution is -2.49. The number of urea groups is 1. The Hall–Kier alpha value is -2.05. The molecular weight excluding hydrogens is 226 g/mol. The summed E-state index contributed by atoms with van der Waals surface area (Å²) >= 11 is 0. The summed E-state index contributed by atoms with van der Waals surface area (Å²) in [6.45, 7) is 3.78. The first-order valence-corrected chi connectivity index (χ1v) is 5.20. The van der Waals surface area contributed by atoms with Crippen LogP contribution in [0, 0.1) is 0 Å². The number of nitrogens with one attached hydrogen (secondary N) is 3. The van der Waals surface area contributed by atoms with Crippen molar-refractivity contribution in [2.24, 2.45) is 0 Å². The van der Waals surface area contributed by atoms with Gasteiger partial charge in [-0.2, -0.15) is 0 Å². The standard InChI is InChI=1S/C10H15N3O4/c1-2-3-7(9(15)16)13-10(17)12-6-4-8(14)11-5-6/h2,6-7H,1,3-5H2,(H,11,14)(H,15,16)(H2,12,13,17). The molecule has 0 spiro atoms. The lowest BCUT2D eigenvalue weighted by Gasteiger charge is -2.15. The molecule has 1 fully saturated rings. The Labute approximate surface area is 98.3 Å². The van der Waals surface area contributed by atoms with Gasteiger partial charge in [0.05, 0.1) is 6.04 Å². The molecule has 0 aromatic heterocycles. The monoisotopic (exact) mass is 241 g/mol. The number of hydrogen-bond acceptors (Lipinski definition) is 3. The average Bonchev–Trinajstić information content (AvgIpc) is 2.63. The number of carbonyl (C=O) groups excluding carboxylic acids is 2. The fourth-order valence-electron chi connectivity index (χ4n) is 1.48. The van der Waals surface area contributed by atoms with Crippen LogP contribution in [0.4, 0.5) is 4.79 Å². The molecule has 7 heteroatoms. The van der Waals surface area contributed by atoms with Crippen molar-refractivity contribution in [2.45, 2.75) is 24.9 Å². The third-order valence-corrected chi connectivity index (χ3v) is 2.32. The minimum atomic E-state index is -1.12. The van der Waals surface area contributed by atoms with Crippen LogP contribution in [0.3, 0.4) is 0 Å². The first-order valence-electron chi connectivity index (χ1n) is 5.20. The molecule has 0 saturated carbocycles. The first-order chi connectivity index (χ1) is 8.02. The zero-order valence-electron chi connectivity index (χ0n) is 9.23. The average molecular weight is 241 g/mol. The van der Waals surface area contributed by atoms with Crippen molar-refractivity contribution in [1.29, 1.82) is 0 Å². The second-order valence-electron chi connectivity index (χ2n) is 3.74. The number of carboxylic acids is 1. The van der Waals surface area contributed by atoms with E-state index in [1.54, 1.807) is 0 Å². The Kier molecular flexibility index (Phi) is 4.50. The molecule has 2 unspecified atom stereocenters. The lowest BCUT2D eigenvalue weighted by molar-refractivity contribution is -0.139. The van der Waals surface area contributed by atoms with Crippen molar-refractivity contribution in [3.8, 4) is 0 Å². The van der Waals surface area contributed by atoms with E-state index in [-0.39, 0.29) is 24.8 Å². The SMILES string of the molecule is C=CCC(NC(=O)NC1CNC(=O)C1)C(=O)O. The minimum absolute atomic E-state index is 0.129. The number of aliphatic carboxylic acids is 1. The van der Waals surface area contributed by atoms with Crippen molar-refractivity contribution < 1.29 is 19.5 Å². The van der Waals surface area contributed by atoms with Crippen molar-refractivity contribution >= 4 is 17.9 Å². The van der Waals surface area contributed by atoms with E-state index in [9.17, 15) is 14.4 Å². The topological polar surface area (TPSA) is 108 Å². The van der Waals surface area contributed by atoms with E-state index in [1.165, 1.54) is 6.08 Å². The highest BCUT2D eigenvalue weighted by molar-refractivity contribution is 5.84.